The van der Waals surface area contributed by atoms with Crippen LogP contribution in [0.3, 0.4) is 0 Å². The fraction of sp³-hybridized carbons (Fsp3) is 0.474. The van der Waals surface area contributed by atoms with Crippen LogP contribution < -0.4 is 4.80 Å². The van der Waals surface area contributed by atoms with Gasteiger partial charge in [0.05, 0.1) is 5.56 Å². The molecular formula is C19H21F3N2OS. The van der Waals surface area contributed by atoms with Gasteiger partial charge in [0.2, 0.25) is 0 Å². The zero-order valence-corrected chi connectivity index (χ0v) is 16.0. The molecule has 1 heterocycles. The summed E-state index contributed by atoms with van der Waals surface area (Å²) in [5, 5.41) is 0. The van der Waals surface area contributed by atoms with Gasteiger partial charge in [-0.15, -0.1) is 11.3 Å². The molecule has 1 aliphatic carbocycles. The highest BCUT2D eigenvalue weighted by atomic mass is 32.1. The number of hydrogen-bond donors (Lipinski definition) is 0. The van der Waals surface area contributed by atoms with Gasteiger partial charge in [-0.1, -0.05) is 20.8 Å². The van der Waals surface area contributed by atoms with Crippen molar-refractivity contribution in [3.8, 4) is 0 Å². The molecule has 0 unspecified atom stereocenters. The van der Waals surface area contributed by atoms with Crippen LogP contribution in [0, 0.1) is 30.3 Å². The van der Waals surface area contributed by atoms with Crippen LogP contribution in [0.2, 0.25) is 0 Å². The average molecular weight is 382 g/mol. The molecule has 0 N–H and O–H groups in total. The molecule has 1 amide bonds. The summed E-state index contributed by atoms with van der Waals surface area (Å²) in [6.07, 6.45) is 2.27. The van der Waals surface area contributed by atoms with E-state index in [-0.39, 0.29) is 5.41 Å². The molecule has 1 saturated carbocycles. The van der Waals surface area contributed by atoms with Gasteiger partial charge in [0.15, 0.2) is 16.4 Å². The Hall–Kier alpha value is -1.89. The van der Waals surface area contributed by atoms with E-state index in [1.807, 2.05) is 11.5 Å². The van der Waals surface area contributed by atoms with E-state index in [0.29, 0.717) is 22.9 Å². The van der Waals surface area contributed by atoms with E-state index in [1.165, 1.54) is 11.3 Å². The Morgan fingerprint density at radius 3 is 2.38 bits per heavy atom. The SMILES string of the molecule is Cc1c(C(C)(C)C)s/c(=N\C(=O)c2cc(F)c(F)cc2F)n1CC1CC1. The van der Waals surface area contributed by atoms with Gasteiger partial charge in [-0.05, 0) is 37.2 Å². The highest BCUT2D eigenvalue weighted by Crippen LogP contribution is 2.33. The summed E-state index contributed by atoms with van der Waals surface area (Å²) in [4.78, 5) is 18.0. The number of nitrogens with zero attached hydrogens (tertiary/aromatic N) is 2. The lowest BCUT2D eigenvalue weighted by Crippen LogP contribution is -2.20. The Kier molecular flexibility index (Phi) is 4.86. The van der Waals surface area contributed by atoms with E-state index in [9.17, 15) is 18.0 Å². The van der Waals surface area contributed by atoms with E-state index < -0.39 is 28.9 Å². The van der Waals surface area contributed by atoms with E-state index in [2.05, 4.69) is 25.8 Å². The first-order valence-electron chi connectivity index (χ1n) is 8.52. The molecule has 1 fully saturated rings. The van der Waals surface area contributed by atoms with Crippen LogP contribution in [0.15, 0.2) is 17.1 Å². The molecule has 1 aromatic carbocycles. The van der Waals surface area contributed by atoms with Gasteiger partial charge < -0.3 is 4.57 Å². The summed E-state index contributed by atoms with van der Waals surface area (Å²) in [5.41, 5.74) is 0.348. The number of aromatic nitrogens is 1. The summed E-state index contributed by atoms with van der Waals surface area (Å²) in [7, 11) is 0. The predicted octanol–water partition coefficient (Wildman–Crippen LogP) is 4.72. The highest BCUT2D eigenvalue weighted by molar-refractivity contribution is 7.09. The molecule has 1 aromatic heterocycles. The van der Waals surface area contributed by atoms with E-state index >= 15 is 0 Å². The van der Waals surface area contributed by atoms with Crippen LogP contribution in [0.1, 0.15) is 54.5 Å². The molecule has 26 heavy (non-hydrogen) atoms. The maximum absolute atomic E-state index is 13.9. The number of rotatable bonds is 3. The number of carbonyl (C=O) groups is 1. The molecule has 2 aromatic rings. The largest absolute Gasteiger partial charge is 0.320 e. The van der Waals surface area contributed by atoms with Crippen LogP contribution in [0.4, 0.5) is 13.2 Å². The zero-order valence-electron chi connectivity index (χ0n) is 15.2. The molecule has 0 spiro atoms. The monoisotopic (exact) mass is 382 g/mol. The van der Waals surface area contributed by atoms with Gasteiger partial charge >= 0.3 is 0 Å². The van der Waals surface area contributed by atoms with Crippen molar-refractivity contribution in [2.75, 3.05) is 0 Å². The Balaban J connectivity index is 2.10. The normalized spacial score (nSPS) is 15.6. The average Bonchev–Trinajstić information content (AvgIpc) is 3.29. The number of benzene rings is 1. The van der Waals surface area contributed by atoms with E-state index in [4.69, 9.17) is 0 Å². The number of carbonyl (C=O) groups excluding carboxylic acids is 1. The van der Waals surface area contributed by atoms with Crippen LogP contribution in [-0.4, -0.2) is 10.5 Å². The van der Waals surface area contributed by atoms with Crippen molar-refractivity contribution in [2.45, 2.75) is 52.5 Å². The van der Waals surface area contributed by atoms with E-state index in [0.717, 1.165) is 30.0 Å². The van der Waals surface area contributed by atoms with Crippen LogP contribution in [0.5, 0.6) is 0 Å². The minimum absolute atomic E-state index is 0.121. The molecule has 0 bridgehead atoms. The summed E-state index contributed by atoms with van der Waals surface area (Å²) >= 11 is 1.38. The van der Waals surface area contributed by atoms with Gasteiger partial charge in [-0.3, -0.25) is 4.79 Å². The minimum atomic E-state index is -1.33. The molecule has 1 aliphatic rings. The van der Waals surface area contributed by atoms with Crippen molar-refractivity contribution in [2.24, 2.45) is 10.9 Å². The maximum Gasteiger partial charge on any atom is 0.282 e. The van der Waals surface area contributed by atoms with Crippen LogP contribution in [-0.2, 0) is 12.0 Å². The zero-order chi connectivity index (χ0) is 19.2. The Morgan fingerprint density at radius 2 is 1.81 bits per heavy atom. The van der Waals surface area contributed by atoms with Gasteiger partial charge in [0.1, 0.15) is 5.82 Å². The summed E-state index contributed by atoms with van der Waals surface area (Å²) in [6.45, 7) is 8.97. The molecule has 0 aliphatic heterocycles. The van der Waals surface area contributed by atoms with Crippen molar-refractivity contribution >= 4 is 17.2 Å². The smallest absolute Gasteiger partial charge is 0.282 e. The van der Waals surface area contributed by atoms with Gasteiger partial charge in [-0.2, -0.15) is 4.99 Å². The fourth-order valence-electron chi connectivity index (χ4n) is 2.87. The quantitative estimate of drug-likeness (QED) is 0.707. The third-order valence-corrected chi connectivity index (χ3v) is 6.02. The van der Waals surface area contributed by atoms with Crippen molar-refractivity contribution in [1.29, 1.82) is 0 Å². The predicted molar refractivity (Wildman–Crippen MR) is 94.7 cm³/mol. The van der Waals surface area contributed by atoms with E-state index in [1.54, 1.807) is 0 Å². The number of halogens is 3. The van der Waals surface area contributed by atoms with Crippen molar-refractivity contribution in [1.82, 2.24) is 4.57 Å². The van der Waals surface area contributed by atoms with Crippen molar-refractivity contribution in [3.63, 3.8) is 0 Å². The maximum atomic E-state index is 13.9. The first-order valence-corrected chi connectivity index (χ1v) is 9.34. The molecule has 7 heteroatoms. The molecular weight excluding hydrogens is 361 g/mol. The Labute approximate surface area is 154 Å². The molecule has 0 atom stereocenters. The van der Waals surface area contributed by atoms with Crippen LogP contribution in [0.25, 0.3) is 0 Å². The third kappa shape index (κ3) is 3.77. The number of hydrogen-bond acceptors (Lipinski definition) is 2. The van der Waals surface area contributed by atoms with Gasteiger partial charge in [-0.25, -0.2) is 13.2 Å². The third-order valence-electron chi connectivity index (χ3n) is 4.41. The summed E-state index contributed by atoms with van der Waals surface area (Å²) in [6, 6.07) is 0.934. The topological polar surface area (TPSA) is 34.4 Å². The molecule has 3 nitrogen and oxygen atoms in total. The first-order chi connectivity index (χ1) is 12.1. The Morgan fingerprint density at radius 1 is 1.19 bits per heavy atom. The van der Waals surface area contributed by atoms with Gasteiger partial charge in [0, 0.05) is 23.2 Å². The van der Waals surface area contributed by atoms with Crippen molar-refractivity contribution < 1.29 is 18.0 Å². The standard InChI is InChI=1S/C19H21F3N2OS/c1-10-16(19(2,3)4)26-18(24(10)9-11-5-6-11)23-17(25)12-7-14(21)15(22)8-13(12)20/h7-8,11H,5-6,9H2,1-4H3/b23-18-. The second-order valence-electron chi connectivity index (χ2n) is 7.77. The lowest BCUT2D eigenvalue weighted by atomic mass is 9.93. The highest BCUT2D eigenvalue weighted by Gasteiger charge is 2.27. The second-order valence-corrected chi connectivity index (χ2v) is 8.74. The Bertz CT molecular complexity index is 933. The van der Waals surface area contributed by atoms with Crippen molar-refractivity contribution in [3.05, 3.63) is 50.5 Å². The lowest BCUT2D eigenvalue weighted by Gasteiger charge is -2.17. The van der Waals surface area contributed by atoms with Gasteiger partial charge in [0.25, 0.3) is 5.91 Å². The minimum Gasteiger partial charge on any atom is -0.320 e. The molecule has 3 rings (SSSR count). The molecule has 0 saturated heterocycles. The summed E-state index contributed by atoms with van der Waals surface area (Å²) < 4.78 is 42.4. The lowest BCUT2D eigenvalue weighted by molar-refractivity contribution is 0.0993. The molecule has 0 radical (unpaired) electrons. The second kappa shape index (κ2) is 6.68. The van der Waals surface area contributed by atoms with Crippen LogP contribution >= 0.6 is 11.3 Å². The first kappa shape index (κ1) is 18.9. The fourth-order valence-corrected chi connectivity index (χ4v) is 4.07. The number of amides is 1. The molecule has 140 valence electrons. The number of thiazole rings is 1. The summed E-state index contributed by atoms with van der Waals surface area (Å²) in [5.74, 6) is -4.06.